The number of benzene rings is 2. The molecule has 0 radical (unpaired) electrons. The number of hydrogen-bond donors (Lipinski definition) is 2. The predicted octanol–water partition coefficient (Wildman–Crippen LogP) is 4.08. The number of methoxy groups -OCH3 is 1. The van der Waals surface area contributed by atoms with E-state index in [2.05, 4.69) is 16.0 Å². The molecule has 3 aromatic rings. The minimum atomic E-state index is -0.377. The Morgan fingerprint density at radius 3 is 2.92 bits per heavy atom. The normalized spacial score (nSPS) is 11.5. The van der Waals surface area contributed by atoms with Gasteiger partial charge < -0.3 is 14.8 Å². The van der Waals surface area contributed by atoms with E-state index in [1.165, 1.54) is 19.2 Å². The molecule has 0 aliphatic heterocycles. The van der Waals surface area contributed by atoms with Crippen molar-refractivity contribution in [1.82, 2.24) is 9.97 Å². The van der Waals surface area contributed by atoms with Gasteiger partial charge in [0.2, 0.25) is 0 Å². The molecule has 0 atom stereocenters. The molecule has 0 aliphatic carbocycles. The van der Waals surface area contributed by atoms with Crippen LogP contribution in [0.15, 0.2) is 30.3 Å². The van der Waals surface area contributed by atoms with Crippen LogP contribution in [0.1, 0.15) is 11.4 Å². The van der Waals surface area contributed by atoms with Crippen molar-refractivity contribution < 1.29 is 14.2 Å². The molecule has 0 saturated heterocycles. The van der Waals surface area contributed by atoms with Gasteiger partial charge in [-0.3, -0.25) is 0 Å². The van der Waals surface area contributed by atoms with Gasteiger partial charge in [0.1, 0.15) is 17.7 Å². The Balaban J connectivity index is 2.09. The number of imidazole rings is 1. The van der Waals surface area contributed by atoms with Gasteiger partial charge in [-0.05, 0) is 64.6 Å². The van der Waals surface area contributed by atoms with E-state index < -0.39 is 0 Å². The van der Waals surface area contributed by atoms with Crippen LogP contribution in [0, 0.1) is 20.7 Å². The molecule has 0 unspecified atom stereocenters. The van der Waals surface area contributed by atoms with Gasteiger partial charge in [0.15, 0.2) is 11.5 Å². The summed E-state index contributed by atoms with van der Waals surface area (Å²) in [5, 5.41) is 19.3. The summed E-state index contributed by atoms with van der Waals surface area (Å²) in [6.45, 7) is 0. The van der Waals surface area contributed by atoms with E-state index in [0.717, 1.165) is 0 Å². The third kappa shape index (κ3) is 3.05. The number of aromatic nitrogens is 2. The minimum absolute atomic E-state index is 0.0490. The summed E-state index contributed by atoms with van der Waals surface area (Å²) in [6.07, 6.45) is 1.62. The maximum atomic E-state index is 13.3. The largest absolute Gasteiger partial charge is 0.504 e. The quantitative estimate of drug-likeness (QED) is 0.480. The molecule has 1 heterocycles. The van der Waals surface area contributed by atoms with E-state index in [1.54, 1.807) is 24.3 Å². The zero-order valence-electron chi connectivity index (χ0n) is 12.5. The van der Waals surface area contributed by atoms with Gasteiger partial charge in [-0.1, -0.05) is 0 Å². The maximum absolute atomic E-state index is 13.3. The van der Waals surface area contributed by atoms with Gasteiger partial charge in [-0.25, -0.2) is 9.37 Å². The van der Waals surface area contributed by atoms with E-state index in [1.807, 2.05) is 22.6 Å². The zero-order valence-corrected chi connectivity index (χ0v) is 14.6. The topological polar surface area (TPSA) is 81.9 Å². The lowest BCUT2D eigenvalue weighted by molar-refractivity contribution is 0.371. The molecule has 120 valence electrons. The Hall–Kier alpha value is -2.60. The first kappa shape index (κ1) is 16.3. The van der Waals surface area contributed by atoms with Gasteiger partial charge >= 0.3 is 0 Å². The molecule has 0 spiro atoms. The summed E-state index contributed by atoms with van der Waals surface area (Å²) < 4.78 is 19.0. The highest BCUT2D eigenvalue weighted by Gasteiger charge is 2.11. The standard InChI is InChI=1S/C17H11FIN3O2/c1-24-15-6-9(5-12(19)16(15)23)4-10(8-20)17-21-13-3-2-11(18)7-14(13)22-17/h2-7,23H,1H3,(H,21,22)/b10-4-. The Morgan fingerprint density at radius 2 is 2.21 bits per heavy atom. The average molecular weight is 435 g/mol. The Kier molecular flexibility index (Phi) is 4.40. The van der Waals surface area contributed by atoms with Crippen LogP contribution in [0.25, 0.3) is 22.7 Å². The second-order valence-electron chi connectivity index (χ2n) is 4.97. The molecule has 2 N–H and O–H groups in total. The van der Waals surface area contributed by atoms with Crippen molar-refractivity contribution in [2.24, 2.45) is 0 Å². The lowest BCUT2D eigenvalue weighted by atomic mass is 10.1. The average Bonchev–Trinajstić information content (AvgIpc) is 2.98. The second kappa shape index (κ2) is 6.49. The number of allylic oxidation sites excluding steroid dienone is 1. The van der Waals surface area contributed by atoms with E-state index >= 15 is 0 Å². The lowest BCUT2D eigenvalue weighted by Crippen LogP contribution is -1.89. The summed E-state index contributed by atoms with van der Waals surface area (Å²) in [6, 6.07) is 9.61. The molecule has 5 nitrogen and oxygen atoms in total. The van der Waals surface area contributed by atoms with Crippen LogP contribution in [0.4, 0.5) is 4.39 Å². The molecule has 0 saturated carbocycles. The van der Waals surface area contributed by atoms with Gasteiger partial charge in [-0.15, -0.1) is 0 Å². The predicted molar refractivity (Wildman–Crippen MR) is 96.9 cm³/mol. The number of phenols is 1. The summed E-state index contributed by atoms with van der Waals surface area (Å²) in [5.41, 5.74) is 2.06. The third-order valence-electron chi connectivity index (χ3n) is 3.40. The number of H-pyrrole nitrogens is 1. The first-order valence-corrected chi connectivity index (χ1v) is 7.93. The van der Waals surface area contributed by atoms with Crippen LogP contribution >= 0.6 is 22.6 Å². The SMILES string of the molecule is COc1cc(/C=C(/C#N)c2nc3ccc(F)cc3[nH]2)cc(I)c1O. The molecule has 2 aromatic carbocycles. The van der Waals surface area contributed by atoms with E-state index in [9.17, 15) is 14.8 Å². The van der Waals surface area contributed by atoms with Crippen molar-refractivity contribution in [2.75, 3.05) is 7.11 Å². The van der Waals surface area contributed by atoms with Crippen molar-refractivity contribution in [3.63, 3.8) is 0 Å². The number of aromatic amines is 1. The molecule has 24 heavy (non-hydrogen) atoms. The summed E-state index contributed by atoms with van der Waals surface area (Å²) >= 11 is 1.98. The highest BCUT2D eigenvalue weighted by molar-refractivity contribution is 14.1. The van der Waals surface area contributed by atoms with Crippen LogP contribution in [-0.2, 0) is 0 Å². The van der Waals surface area contributed by atoms with Gasteiger partial charge in [0, 0.05) is 0 Å². The smallest absolute Gasteiger partial charge is 0.171 e. The monoisotopic (exact) mass is 435 g/mol. The van der Waals surface area contributed by atoms with Crippen LogP contribution in [0.5, 0.6) is 11.5 Å². The van der Waals surface area contributed by atoms with E-state index in [-0.39, 0.29) is 17.1 Å². The fraction of sp³-hybridized carbons (Fsp3) is 0.0588. The number of halogens is 2. The van der Waals surface area contributed by atoms with Crippen molar-refractivity contribution >= 4 is 45.3 Å². The van der Waals surface area contributed by atoms with Gasteiger partial charge in [-0.2, -0.15) is 5.26 Å². The molecule has 3 rings (SSSR count). The Morgan fingerprint density at radius 1 is 1.42 bits per heavy atom. The number of hydrogen-bond acceptors (Lipinski definition) is 4. The minimum Gasteiger partial charge on any atom is -0.504 e. The summed E-state index contributed by atoms with van der Waals surface area (Å²) in [5.74, 6) is 0.336. The number of phenolic OH excluding ortho intramolecular Hbond substituents is 1. The fourth-order valence-corrected chi connectivity index (χ4v) is 2.89. The molecular weight excluding hydrogens is 424 g/mol. The Bertz CT molecular complexity index is 1000. The third-order valence-corrected chi connectivity index (χ3v) is 4.22. The molecule has 1 aromatic heterocycles. The summed E-state index contributed by atoms with van der Waals surface area (Å²) in [4.78, 5) is 7.25. The molecule has 0 amide bonds. The fourth-order valence-electron chi connectivity index (χ4n) is 2.26. The zero-order chi connectivity index (χ0) is 17.3. The maximum Gasteiger partial charge on any atom is 0.171 e. The highest BCUT2D eigenvalue weighted by atomic mass is 127. The van der Waals surface area contributed by atoms with Crippen LogP contribution < -0.4 is 4.74 Å². The number of ether oxygens (including phenoxy) is 1. The van der Waals surface area contributed by atoms with E-state index in [4.69, 9.17) is 4.74 Å². The van der Waals surface area contributed by atoms with Gasteiger partial charge in [0.25, 0.3) is 0 Å². The number of rotatable bonds is 3. The second-order valence-corrected chi connectivity index (χ2v) is 6.13. The van der Waals surface area contributed by atoms with Crippen molar-refractivity contribution in [1.29, 1.82) is 5.26 Å². The van der Waals surface area contributed by atoms with Gasteiger partial charge in [0.05, 0.1) is 27.3 Å². The highest BCUT2D eigenvalue weighted by Crippen LogP contribution is 2.33. The Labute approximate surface area is 150 Å². The molecule has 0 aliphatic rings. The van der Waals surface area contributed by atoms with Crippen molar-refractivity contribution in [2.45, 2.75) is 0 Å². The van der Waals surface area contributed by atoms with Crippen molar-refractivity contribution in [3.05, 3.63) is 51.1 Å². The first-order valence-electron chi connectivity index (χ1n) is 6.85. The molecule has 0 fully saturated rings. The number of nitrogens with one attached hydrogen (secondary N) is 1. The van der Waals surface area contributed by atoms with E-state index in [0.29, 0.717) is 31.7 Å². The lowest BCUT2D eigenvalue weighted by Gasteiger charge is -2.06. The molecular formula is C17H11FIN3O2. The first-order chi connectivity index (χ1) is 11.5. The summed E-state index contributed by atoms with van der Waals surface area (Å²) in [7, 11) is 1.46. The molecule has 7 heteroatoms. The van der Waals surface area contributed by atoms with Crippen LogP contribution in [0.2, 0.25) is 0 Å². The number of nitrogens with zero attached hydrogens (tertiary/aromatic N) is 2. The number of fused-ring (bicyclic) bond motifs is 1. The molecule has 0 bridgehead atoms. The van der Waals surface area contributed by atoms with Crippen LogP contribution in [-0.4, -0.2) is 22.2 Å². The van der Waals surface area contributed by atoms with Crippen LogP contribution in [0.3, 0.4) is 0 Å². The number of aromatic hydroxyl groups is 1. The number of nitriles is 1. The van der Waals surface area contributed by atoms with Crippen molar-refractivity contribution in [3.8, 4) is 17.6 Å².